The van der Waals surface area contributed by atoms with Crippen LogP contribution < -0.4 is 10.1 Å². The maximum Gasteiger partial charge on any atom is 0.233 e. The highest BCUT2D eigenvalue weighted by Gasteiger charge is 2.16. The molecule has 1 aliphatic rings. The topological polar surface area (TPSA) is 65.0 Å². The van der Waals surface area contributed by atoms with Gasteiger partial charge in [0.15, 0.2) is 0 Å². The third-order valence-corrected chi connectivity index (χ3v) is 4.99. The van der Waals surface area contributed by atoms with Crippen LogP contribution in [-0.4, -0.2) is 73.8 Å². The Morgan fingerprint density at radius 2 is 2.04 bits per heavy atom. The van der Waals surface area contributed by atoms with Crippen LogP contribution in [0.15, 0.2) is 18.2 Å². The molecule has 1 heterocycles. The fourth-order valence-electron chi connectivity index (χ4n) is 3.34. The summed E-state index contributed by atoms with van der Waals surface area (Å²) in [5.41, 5.74) is 0.899. The number of halogens is 1. The molecule has 1 amide bonds. The molecule has 7 heteroatoms. The summed E-state index contributed by atoms with van der Waals surface area (Å²) in [4.78, 5) is 15.8. The van der Waals surface area contributed by atoms with Gasteiger partial charge in [-0.15, -0.1) is 0 Å². The molecular weight excluding hydrogens is 366 g/mol. The van der Waals surface area contributed by atoms with Crippen LogP contribution in [0, 0.1) is 0 Å². The lowest BCUT2D eigenvalue weighted by molar-refractivity contribution is -0.121. The molecule has 1 aromatic carbocycles. The molecule has 152 valence electrons. The van der Waals surface area contributed by atoms with Gasteiger partial charge in [-0.2, -0.15) is 0 Å². The molecule has 0 unspecified atom stereocenters. The molecule has 1 atom stereocenters. The molecule has 1 fully saturated rings. The van der Waals surface area contributed by atoms with Crippen LogP contribution in [0.25, 0.3) is 0 Å². The van der Waals surface area contributed by atoms with Crippen LogP contribution in [0.4, 0.5) is 0 Å². The molecule has 1 aromatic rings. The third-order valence-electron chi connectivity index (χ3n) is 4.75. The molecule has 0 bridgehead atoms. The Balaban J connectivity index is 1.90. The lowest BCUT2D eigenvalue weighted by atomic mass is 10.2. The van der Waals surface area contributed by atoms with Crippen molar-refractivity contribution in [3.8, 4) is 5.75 Å². The van der Waals surface area contributed by atoms with E-state index < -0.39 is 6.10 Å². The summed E-state index contributed by atoms with van der Waals surface area (Å²) < 4.78 is 5.90. The lowest BCUT2D eigenvalue weighted by Gasteiger charge is -2.24. The predicted octanol–water partition coefficient (Wildman–Crippen LogP) is 2.13. The Kier molecular flexibility index (Phi) is 9.34. The van der Waals surface area contributed by atoms with Crippen molar-refractivity contribution in [3.05, 3.63) is 28.8 Å². The molecule has 6 nitrogen and oxygen atoms in total. The van der Waals surface area contributed by atoms with Gasteiger partial charge in [0, 0.05) is 30.7 Å². The van der Waals surface area contributed by atoms with E-state index in [1.54, 1.807) is 13.1 Å². The number of nitrogens with zero attached hydrogens (tertiary/aromatic N) is 2. The van der Waals surface area contributed by atoms with Crippen LogP contribution in [0.2, 0.25) is 5.02 Å². The zero-order valence-electron chi connectivity index (χ0n) is 16.4. The number of ether oxygens (including phenoxy) is 1. The summed E-state index contributed by atoms with van der Waals surface area (Å²) in [7, 11) is 3.49. The van der Waals surface area contributed by atoms with Crippen molar-refractivity contribution < 1.29 is 14.6 Å². The monoisotopic (exact) mass is 397 g/mol. The number of hydrogen-bond donors (Lipinski definition) is 2. The number of β-amino-alcohol motifs (C(OH)–C–C–N with tert-alkyl or cyclic N) is 1. The molecule has 1 aliphatic heterocycles. The fourth-order valence-corrected chi connectivity index (χ4v) is 3.53. The van der Waals surface area contributed by atoms with Gasteiger partial charge in [-0.25, -0.2) is 0 Å². The molecule has 27 heavy (non-hydrogen) atoms. The van der Waals surface area contributed by atoms with Gasteiger partial charge >= 0.3 is 0 Å². The zero-order valence-corrected chi connectivity index (χ0v) is 17.2. The summed E-state index contributed by atoms with van der Waals surface area (Å²) in [5.74, 6) is 0.646. The standard InChI is InChI=1S/C20H32ClN3O3/c1-22-20(26)14-23(2)12-16-11-17(21)7-8-19(16)27-15-18(25)13-24-9-5-3-4-6-10-24/h7-8,11,18,25H,3-6,9-10,12-15H2,1-2H3,(H,22,26)/t18-/m0/s1. The van der Waals surface area contributed by atoms with Gasteiger partial charge in [0.1, 0.15) is 18.5 Å². The molecular formula is C20H32ClN3O3. The van der Waals surface area contributed by atoms with Crippen molar-refractivity contribution in [1.29, 1.82) is 0 Å². The number of hydrogen-bond acceptors (Lipinski definition) is 5. The maximum atomic E-state index is 11.5. The number of carbonyl (C=O) groups is 1. The highest BCUT2D eigenvalue weighted by molar-refractivity contribution is 6.30. The highest BCUT2D eigenvalue weighted by Crippen LogP contribution is 2.24. The number of aliphatic hydroxyl groups is 1. The number of aliphatic hydroxyl groups excluding tert-OH is 1. The van der Waals surface area contributed by atoms with Gasteiger partial charge in [0.25, 0.3) is 0 Å². The predicted molar refractivity (Wildman–Crippen MR) is 108 cm³/mol. The van der Waals surface area contributed by atoms with Crippen molar-refractivity contribution in [2.75, 3.05) is 46.9 Å². The van der Waals surface area contributed by atoms with Crippen LogP contribution in [0.5, 0.6) is 5.75 Å². The Hall–Kier alpha value is -1.34. The minimum atomic E-state index is -0.532. The summed E-state index contributed by atoms with van der Waals surface area (Å²) in [6, 6.07) is 5.45. The number of likely N-dealkylation sites (tertiary alicyclic amines) is 1. The van der Waals surface area contributed by atoms with Crippen molar-refractivity contribution in [3.63, 3.8) is 0 Å². The average Bonchev–Trinajstić information content (AvgIpc) is 2.89. The highest BCUT2D eigenvalue weighted by atomic mass is 35.5. The van der Waals surface area contributed by atoms with Crippen LogP contribution in [0.3, 0.4) is 0 Å². The fraction of sp³-hybridized carbons (Fsp3) is 0.650. The molecule has 0 aromatic heterocycles. The Labute approximate surface area is 167 Å². The van der Waals surface area contributed by atoms with E-state index in [0.717, 1.165) is 18.7 Å². The van der Waals surface area contributed by atoms with Crippen LogP contribution in [0.1, 0.15) is 31.2 Å². The number of rotatable bonds is 9. The molecule has 1 saturated heterocycles. The van der Waals surface area contributed by atoms with Gasteiger partial charge in [-0.3, -0.25) is 9.69 Å². The minimum absolute atomic E-state index is 0.0464. The van der Waals surface area contributed by atoms with Gasteiger partial charge in [0.2, 0.25) is 5.91 Å². The van der Waals surface area contributed by atoms with Gasteiger partial charge in [-0.05, 0) is 51.2 Å². The number of nitrogens with one attached hydrogen (secondary N) is 1. The average molecular weight is 398 g/mol. The zero-order chi connectivity index (χ0) is 19.6. The van der Waals surface area contributed by atoms with Crippen molar-refractivity contribution in [2.45, 2.75) is 38.3 Å². The summed E-state index contributed by atoms with van der Waals surface area (Å²) in [5, 5.41) is 13.6. The van der Waals surface area contributed by atoms with Crippen molar-refractivity contribution >= 4 is 17.5 Å². The second-order valence-electron chi connectivity index (χ2n) is 7.28. The largest absolute Gasteiger partial charge is 0.491 e. The SMILES string of the molecule is CNC(=O)CN(C)Cc1cc(Cl)ccc1OC[C@@H](O)CN1CCCCCC1. The number of benzene rings is 1. The third kappa shape index (κ3) is 8.05. The number of likely N-dealkylation sites (N-methyl/N-ethyl adjacent to an activating group) is 2. The second kappa shape index (κ2) is 11.5. The first-order chi connectivity index (χ1) is 13.0. The minimum Gasteiger partial charge on any atom is -0.491 e. The molecule has 2 N–H and O–H groups in total. The van der Waals surface area contributed by atoms with E-state index in [1.807, 2.05) is 24.1 Å². The van der Waals surface area contributed by atoms with Gasteiger partial charge in [0.05, 0.1) is 6.54 Å². The van der Waals surface area contributed by atoms with E-state index in [1.165, 1.54) is 25.7 Å². The molecule has 0 saturated carbocycles. The molecule has 2 rings (SSSR count). The summed E-state index contributed by atoms with van der Waals surface area (Å²) >= 11 is 6.13. The Morgan fingerprint density at radius 1 is 1.33 bits per heavy atom. The molecule has 0 radical (unpaired) electrons. The lowest BCUT2D eigenvalue weighted by Crippen LogP contribution is -2.36. The summed E-state index contributed by atoms with van der Waals surface area (Å²) in [6.45, 7) is 3.80. The van der Waals surface area contributed by atoms with Crippen molar-refractivity contribution in [1.82, 2.24) is 15.1 Å². The van der Waals surface area contributed by atoms with Crippen molar-refractivity contribution in [2.24, 2.45) is 0 Å². The van der Waals surface area contributed by atoms with E-state index in [2.05, 4.69) is 10.2 Å². The maximum absolute atomic E-state index is 11.5. The van der Waals surface area contributed by atoms with E-state index in [0.29, 0.717) is 30.4 Å². The first kappa shape index (κ1) is 22.0. The van der Waals surface area contributed by atoms with E-state index in [9.17, 15) is 9.90 Å². The number of carbonyl (C=O) groups excluding carboxylic acids is 1. The second-order valence-corrected chi connectivity index (χ2v) is 7.71. The van der Waals surface area contributed by atoms with E-state index >= 15 is 0 Å². The van der Waals surface area contributed by atoms with Gasteiger partial charge in [-0.1, -0.05) is 24.4 Å². The number of amides is 1. The van der Waals surface area contributed by atoms with Crippen LogP contribution >= 0.6 is 11.6 Å². The smallest absolute Gasteiger partial charge is 0.233 e. The van der Waals surface area contributed by atoms with E-state index in [4.69, 9.17) is 16.3 Å². The first-order valence-corrected chi connectivity index (χ1v) is 10.1. The van der Waals surface area contributed by atoms with Crippen LogP contribution in [-0.2, 0) is 11.3 Å². The quantitative estimate of drug-likeness (QED) is 0.668. The Morgan fingerprint density at radius 3 is 2.70 bits per heavy atom. The normalized spacial score (nSPS) is 16.8. The van der Waals surface area contributed by atoms with Gasteiger partial charge < -0.3 is 20.1 Å². The first-order valence-electron chi connectivity index (χ1n) is 9.68. The molecule has 0 spiro atoms. The molecule has 0 aliphatic carbocycles. The van der Waals surface area contributed by atoms with E-state index in [-0.39, 0.29) is 12.5 Å². The summed E-state index contributed by atoms with van der Waals surface area (Å²) in [6.07, 6.45) is 4.43. The Bertz CT molecular complexity index is 592.